The van der Waals surface area contributed by atoms with Gasteiger partial charge in [-0.3, -0.25) is 4.79 Å². The van der Waals surface area contributed by atoms with Gasteiger partial charge in [-0.05, 0) is 42.3 Å². The molecule has 138 valence electrons. The standard InChI is InChI=1S/C21H19ClN2O2S/c1-14-10-11-18(26-2)17(13-14)24-20(25)19(15-7-4-3-5-8-15)27-21-16(22)9-6-12-23-21/h3-13,19H,1-2H3,(H,24,25). The van der Waals surface area contributed by atoms with E-state index in [1.807, 2.05) is 55.5 Å². The molecule has 0 spiro atoms. The van der Waals surface area contributed by atoms with Gasteiger partial charge in [0, 0.05) is 6.20 Å². The quantitative estimate of drug-likeness (QED) is 0.555. The fraction of sp³-hybridized carbons (Fsp3) is 0.143. The number of methoxy groups -OCH3 is 1. The van der Waals surface area contributed by atoms with E-state index in [2.05, 4.69) is 10.3 Å². The van der Waals surface area contributed by atoms with Crippen molar-refractivity contribution in [2.24, 2.45) is 0 Å². The minimum Gasteiger partial charge on any atom is -0.495 e. The van der Waals surface area contributed by atoms with Crippen molar-refractivity contribution in [3.8, 4) is 5.75 Å². The Bertz CT molecular complexity index is 934. The van der Waals surface area contributed by atoms with Gasteiger partial charge in [0.1, 0.15) is 16.0 Å². The van der Waals surface area contributed by atoms with Gasteiger partial charge in [-0.15, -0.1) is 0 Å². The Labute approximate surface area is 167 Å². The zero-order chi connectivity index (χ0) is 19.2. The molecule has 0 bridgehead atoms. The topological polar surface area (TPSA) is 51.2 Å². The van der Waals surface area contributed by atoms with Gasteiger partial charge in [-0.1, -0.05) is 59.8 Å². The van der Waals surface area contributed by atoms with Gasteiger partial charge in [0.25, 0.3) is 0 Å². The van der Waals surface area contributed by atoms with E-state index in [0.717, 1.165) is 11.1 Å². The molecule has 4 nitrogen and oxygen atoms in total. The lowest BCUT2D eigenvalue weighted by molar-refractivity contribution is -0.115. The summed E-state index contributed by atoms with van der Waals surface area (Å²) in [5.41, 5.74) is 2.53. The van der Waals surface area contributed by atoms with Crippen LogP contribution in [0.1, 0.15) is 16.4 Å². The molecule has 3 rings (SSSR count). The molecule has 0 radical (unpaired) electrons. The zero-order valence-electron chi connectivity index (χ0n) is 15.0. The number of halogens is 1. The molecule has 27 heavy (non-hydrogen) atoms. The minimum absolute atomic E-state index is 0.170. The number of aryl methyl sites for hydroxylation is 1. The van der Waals surface area contributed by atoms with E-state index in [9.17, 15) is 4.79 Å². The van der Waals surface area contributed by atoms with Crippen LogP contribution in [-0.4, -0.2) is 18.0 Å². The summed E-state index contributed by atoms with van der Waals surface area (Å²) in [4.78, 5) is 17.5. The molecular weight excluding hydrogens is 380 g/mol. The summed E-state index contributed by atoms with van der Waals surface area (Å²) < 4.78 is 5.37. The number of aromatic nitrogens is 1. The highest BCUT2D eigenvalue weighted by Gasteiger charge is 2.24. The van der Waals surface area contributed by atoms with Gasteiger partial charge in [0.05, 0.1) is 17.8 Å². The van der Waals surface area contributed by atoms with E-state index in [1.165, 1.54) is 11.8 Å². The molecular formula is C21H19ClN2O2S. The second-order valence-corrected chi connectivity index (χ2v) is 7.39. The molecule has 1 aromatic heterocycles. The van der Waals surface area contributed by atoms with Gasteiger partial charge in [0.15, 0.2) is 0 Å². The van der Waals surface area contributed by atoms with Crippen molar-refractivity contribution in [1.29, 1.82) is 0 Å². The third-order valence-corrected chi connectivity index (χ3v) is 5.60. The molecule has 2 aromatic carbocycles. The smallest absolute Gasteiger partial charge is 0.242 e. The highest BCUT2D eigenvalue weighted by Crippen LogP contribution is 2.39. The van der Waals surface area contributed by atoms with Crippen LogP contribution in [-0.2, 0) is 4.79 Å². The second-order valence-electron chi connectivity index (χ2n) is 5.89. The molecule has 1 atom stereocenters. The van der Waals surface area contributed by atoms with E-state index in [1.54, 1.807) is 25.4 Å². The van der Waals surface area contributed by atoms with Crippen LogP contribution >= 0.6 is 23.4 Å². The first-order valence-corrected chi connectivity index (χ1v) is 9.62. The first-order valence-electron chi connectivity index (χ1n) is 8.36. The summed E-state index contributed by atoms with van der Waals surface area (Å²) in [6.07, 6.45) is 1.66. The lowest BCUT2D eigenvalue weighted by Crippen LogP contribution is -2.19. The van der Waals surface area contributed by atoms with Crippen molar-refractivity contribution in [1.82, 2.24) is 4.98 Å². The van der Waals surface area contributed by atoms with Crippen LogP contribution in [0.25, 0.3) is 0 Å². The maximum Gasteiger partial charge on any atom is 0.242 e. The van der Waals surface area contributed by atoms with Gasteiger partial charge < -0.3 is 10.1 Å². The minimum atomic E-state index is -0.510. The number of benzene rings is 2. The number of anilines is 1. The molecule has 6 heteroatoms. The Hall–Kier alpha value is -2.50. The maximum absolute atomic E-state index is 13.1. The van der Waals surface area contributed by atoms with Crippen LogP contribution < -0.4 is 10.1 Å². The predicted octanol–water partition coefficient (Wildman–Crippen LogP) is 5.52. The number of amides is 1. The van der Waals surface area contributed by atoms with Crippen LogP contribution in [0.15, 0.2) is 71.9 Å². The van der Waals surface area contributed by atoms with Crippen molar-refractivity contribution in [3.63, 3.8) is 0 Å². The fourth-order valence-electron chi connectivity index (χ4n) is 2.59. The van der Waals surface area contributed by atoms with Crippen molar-refractivity contribution >= 4 is 35.0 Å². The summed E-state index contributed by atoms with van der Waals surface area (Å²) >= 11 is 7.57. The molecule has 0 saturated carbocycles. The van der Waals surface area contributed by atoms with Gasteiger partial charge in [-0.25, -0.2) is 4.98 Å². The van der Waals surface area contributed by atoms with E-state index < -0.39 is 5.25 Å². The summed E-state index contributed by atoms with van der Waals surface area (Å²) in [7, 11) is 1.58. The molecule has 1 heterocycles. The van der Waals surface area contributed by atoms with Gasteiger partial charge in [-0.2, -0.15) is 0 Å². The fourth-order valence-corrected chi connectivity index (χ4v) is 3.83. The number of rotatable bonds is 6. The summed E-state index contributed by atoms with van der Waals surface area (Å²) in [5, 5.41) is 3.60. The van der Waals surface area contributed by atoms with Crippen LogP contribution in [0.4, 0.5) is 5.69 Å². The average molecular weight is 399 g/mol. The Morgan fingerprint density at radius 3 is 2.63 bits per heavy atom. The number of hydrogen-bond donors (Lipinski definition) is 1. The molecule has 1 amide bonds. The highest BCUT2D eigenvalue weighted by atomic mass is 35.5. The Morgan fingerprint density at radius 2 is 1.93 bits per heavy atom. The number of nitrogens with zero attached hydrogens (tertiary/aromatic N) is 1. The van der Waals surface area contributed by atoms with Crippen molar-refractivity contribution in [3.05, 3.63) is 83.0 Å². The number of thioether (sulfide) groups is 1. The van der Waals surface area contributed by atoms with Crippen molar-refractivity contribution in [2.75, 3.05) is 12.4 Å². The third-order valence-electron chi connectivity index (χ3n) is 3.91. The number of carbonyl (C=O) groups excluding carboxylic acids is 1. The van der Waals surface area contributed by atoms with Crippen molar-refractivity contribution < 1.29 is 9.53 Å². The number of pyridine rings is 1. The van der Waals surface area contributed by atoms with E-state index in [-0.39, 0.29) is 5.91 Å². The summed E-state index contributed by atoms with van der Waals surface area (Å²) in [6.45, 7) is 1.96. The zero-order valence-corrected chi connectivity index (χ0v) is 16.6. The molecule has 3 aromatic rings. The molecule has 0 aliphatic carbocycles. The molecule has 1 N–H and O–H groups in total. The maximum atomic E-state index is 13.1. The van der Waals surface area contributed by atoms with Crippen LogP contribution in [0.5, 0.6) is 5.75 Å². The Balaban J connectivity index is 1.92. The summed E-state index contributed by atoms with van der Waals surface area (Å²) in [6, 6.07) is 18.8. The second kappa shape index (κ2) is 8.93. The highest BCUT2D eigenvalue weighted by molar-refractivity contribution is 8.00. The largest absolute Gasteiger partial charge is 0.495 e. The molecule has 0 aliphatic heterocycles. The van der Waals surface area contributed by atoms with Crippen LogP contribution in [0, 0.1) is 6.92 Å². The van der Waals surface area contributed by atoms with E-state index in [0.29, 0.717) is 21.5 Å². The average Bonchev–Trinajstić information content (AvgIpc) is 2.68. The predicted molar refractivity (Wildman–Crippen MR) is 111 cm³/mol. The number of carbonyl (C=O) groups is 1. The number of hydrogen-bond acceptors (Lipinski definition) is 4. The lowest BCUT2D eigenvalue weighted by atomic mass is 10.1. The summed E-state index contributed by atoms with van der Waals surface area (Å²) in [5.74, 6) is 0.443. The molecule has 0 aliphatic rings. The number of nitrogens with one attached hydrogen (secondary N) is 1. The molecule has 0 fully saturated rings. The lowest BCUT2D eigenvalue weighted by Gasteiger charge is -2.18. The first kappa shape index (κ1) is 19.3. The Kier molecular flexibility index (Phi) is 6.37. The van der Waals surface area contributed by atoms with Gasteiger partial charge >= 0.3 is 0 Å². The molecule has 0 saturated heterocycles. The van der Waals surface area contributed by atoms with Crippen LogP contribution in [0.3, 0.4) is 0 Å². The van der Waals surface area contributed by atoms with Crippen molar-refractivity contribution in [2.45, 2.75) is 17.2 Å². The molecule has 1 unspecified atom stereocenters. The number of ether oxygens (including phenoxy) is 1. The van der Waals surface area contributed by atoms with E-state index in [4.69, 9.17) is 16.3 Å². The third kappa shape index (κ3) is 4.81. The Morgan fingerprint density at radius 1 is 1.15 bits per heavy atom. The first-order chi connectivity index (χ1) is 13.1. The van der Waals surface area contributed by atoms with E-state index >= 15 is 0 Å². The van der Waals surface area contributed by atoms with Crippen LogP contribution in [0.2, 0.25) is 5.02 Å². The monoisotopic (exact) mass is 398 g/mol. The normalized spacial score (nSPS) is 11.7. The van der Waals surface area contributed by atoms with Gasteiger partial charge in [0.2, 0.25) is 5.91 Å². The SMILES string of the molecule is COc1ccc(C)cc1NC(=O)C(Sc1ncccc1Cl)c1ccccc1.